The second-order valence-corrected chi connectivity index (χ2v) is 10.7. The zero-order valence-electron chi connectivity index (χ0n) is 16.4. The van der Waals surface area contributed by atoms with Crippen molar-refractivity contribution >= 4 is 16.1 Å². The van der Waals surface area contributed by atoms with Crippen molar-refractivity contribution in [3.05, 3.63) is 35.6 Å². The Morgan fingerprint density at radius 2 is 1.96 bits per heavy atom. The van der Waals surface area contributed by atoms with Crippen LogP contribution in [-0.2, 0) is 21.4 Å². The average molecular weight is 410 g/mol. The summed E-state index contributed by atoms with van der Waals surface area (Å²) >= 11 is 0. The van der Waals surface area contributed by atoms with Gasteiger partial charge in [-0.15, -0.1) is 0 Å². The van der Waals surface area contributed by atoms with Gasteiger partial charge in [0.1, 0.15) is 5.82 Å². The molecule has 0 spiro atoms. The van der Waals surface area contributed by atoms with Crippen molar-refractivity contribution in [2.45, 2.75) is 44.2 Å². The zero-order valence-corrected chi connectivity index (χ0v) is 17.2. The minimum absolute atomic E-state index is 0.0649. The maximum atomic E-state index is 13.7. The van der Waals surface area contributed by atoms with E-state index in [0.29, 0.717) is 25.9 Å². The number of carbonyl (C=O) groups is 1. The van der Waals surface area contributed by atoms with E-state index in [1.165, 1.54) is 16.4 Å². The monoisotopic (exact) mass is 409 g/mol. The van der Waals surface area contributed by atoms with Gasteiger partial charge in [0, 0.05) is 45.7 Å². The topological polar surface area (TPSA) is 60.9 Å². The Bertz CT molecular complexity index is 860. The first-order valence-electron chi connectivity index (χ1n) is 10.0. The first kappa shape index (κ1) is 19.8. The predicted octanol–water partition coefficient (Wildman–Crippen LogP) is 1.88. The summed E-state index contributed by atoms with van der Waals surface area (Å²) < 4.78 is 42.1. The van der Waals surface area contributed by atoms with Crippen LogP contribution in [0, 0.1) is 17.7 Å². The summed E-state index contributed by atoms with van der Waals surface area (Å²) in [5, 5.41) is 0. The number of fused-ring (bicyclic) bond motifs is 4. The van der Waals surface area contributed by atoms with E-state index in [4.69, 9.17) is 0 Å². The van der Waals surface area contributed by atoms with Gasteiger partial charge in [0.25, 0.3) is 10.2 Å². The minimum atomic E-state index is -3.49. The van der Waals surface area contributed by atoms with Crippen LogP contribution in [0.2, 0.25) is 0 Å². The lowest BCUT2D eigenvalue weighted by atomic mass is 9.71. The summed E-state index contributed by atoms with van der Waals surface area (Å²) in [6.45, 7) is 0.881. The molecule has 4 atom stereocenters. The zero-order chi connectivity index (χ0) is 20.1. The smallest absolute Gasteiger partial charge is 0.281 e. The third kappa shape index (κ3) is 3.46. The van der Waals surface area contributed by atoms with Crippen LogP contribution in [0.1, 0.15) is 31.2 Å². The van der Waals surface area contributed by atoms with Gasteiger partial charge in [-0.25, -0.2) is 4.39 Å². The Balaban J connectivity index is 1.67. The molecule has 28 heavy (non-hydrogen) atoms. The Morgan fingerprint density at radius 3 is 2.68 bits per heavy atom. The Hall–Kier alpha value is -1.51. The molecule has 0 saturated carbocycles. The number of piperidine rings is 3. The number of rotatable bonds is 4. The second kappa shape index (κ2) is 7.39. The second-order valence-electron chi connectivity index (χ2n) is 8.52. The molecular formula is C20H28FN3O3S. The van der Waals surface area contributed by atoms with Crippen LogP contribution in [-0.4, -0.2) is 67.1 Å². The van der Waals surface area contributed by atoms with E-state index in [9.17, 15) is 17.6 Å². The molecule has 0 N–H and O–H groups in total. The molecule has 1 aromatic rings. The lowest BCUT2D eigenvalue weighted by Gasteiger charge is -2.56. The molecule has 8 heteroatoms. The normalized spacial score (nSPS) is 31.1. The maximum absolute atomic E-state index is 13.7. The third-order valence-corrected chi connectivity index (χ3v) is 8.46. The molecule has 3 aliphatic rings. The van der Waals surface area contributed by atoms with E-state index >= 15 is 0 Å². The molecule has 1 aromatic carbocycles. The van der Waals surface area contributed by atoms with Gasteiger partial charge < -0.3 is 4.90 Å². The summed E-state index contributed by atoms with van der Waals surface area (Å²) in [4.78, 5) is 14.9. The molecule has 3 heterocycles. The molecule has 1 amide bonds. The van der Waals surface area contributed by atoms with Crippen molar-refractivity contribution in [2.24, 2.45) is 11.8 Å². The molecule has 0 aromatic heterocycles. The van der Waals surface area contributed by atoms with Gasteiger partial charge >= 0.3 is 0 Å². The molecule has 3 fully saturated rings. The molecule has 0 unspecified atom stereocenters. The predicted molar refractivity (Wildman–Crippen MR) is 104 cm³/mol. The maximum Gasteiger partial charge on any atom is 0.281 e. The van der Waals surface area contributed by atoms with Crippen molar-refractivity contribution < 1.29 is 17.6 Å². The van der Waals surface area contributed by atoms with Crippen molar-refractivity contribution in [3.8, 4) is 0 Å². The number of amides is 1. The highest BCUT2D eigenvalue weighted by Crippen LogP contribution is 2.43. The van der Waals surface area contributed by atoms with Gasteiger partial charge in [0.15, 0.2) is 0 Å². The van der Waals surface area contributed by atoms with Crippen LogP contribution in [0.25, 0.3) is 0 Å². The largest absolute Gasteiger partial charge is 0.336 e. The fraction of sp³-hybridized carbons (Fsp3) is 0.650. The number of benzene rings is 1. The molecule has 3 aliphatic heterocycles. The number of halogens is 1. The fourth-order valence-corrected chi connectivity index (χ4v) is 6.54. The number of nitrogens with zero attached hydrogens (tertiary/aromatic N) is 3. The summed E-state index contributed by atoms with van der Waals surface area (Å²) in [6, 6.07) is 6.51. The standard InChI is InChI=1S/C20H28FN3O3S/c1-22(2)28(26,27)23-12-15-11-16(13-23)19(10-14-5-3-6-17(21)9-14)24-18(15)7-4-8-20(24)25/h3,5-6,9,15-16,18-19H,4,7-8,10-13H2,1-2H3/t15-,16+,18+,19+/m1/s1. The van der Waals surface area contributed by atoms with Crippen LogP contribution in [0.3, 0.4) is 0 Å². The molecule has 4 rings (SSSR count). The molecule has 0 aliphatic carbocycles. The first-order chi connectivity index (χ1) is 13.3. The van der Waals surface area contributed by atoms with Crippen LogP contribution >= 0.6 is 0 Å². The van der Waals surface area contributed by atoms with Crippen LogP contribution < -0.4 is 0 Å². The molecule has 2 bridgehead atoms. The van der Waals surface area contributed by atoms with Gasteiger partial charge in [-0.2, -0.15) is 17.0 Å². The van der Waals surface area contributed by atoms with Crippen molar-refractivity contribution in [1.29, 1.82) is 0 Å². The number of carbonyl (C=O) groups excluding carboxylic acids is 1. The third-order valence-electron chi connectivity index (χ3n) is 6.58. The Labute approximate surface area is 166 Å². The summed E-state index contributed by atoms with van der Waals surface area (Å²) in [6.07, 6.45) is 3.81. The summed E-state index contributed by atoms with van der Waals surface area (Å²) in [5.41, 5.74) is 0.855. The highest BCUT2D eigenvalue weighted by molar-refractivity contribution is 7.86. The number of hydrogen-bond acceptors (Lipinski definition) is 3. The average Bonchev–Trinajstić information content (AvgIpc) is 2.65. The van der Waals surface area contributed by atoms with Crippen LogP contribution in [0.15, 0.2) is 24.3 Å². The highest BCUT2D eigenvalue weighted by atomic mass is 32.2. The first-order valence-corrected chi connectivity index (χ1v) is 11.4. The van der Waals surface area contributed by atoms with Gasteiger partial charge in [0.05, 0.1) is 0 Å². The van der Waals surface area contributed by atoms with E-state index < -0.39 is 10.2 Å². The molecule has 6 nitrogen and oxygen atoms in total. The van der Waals surface area contributed by atoms with Gasteiger partial charge in [-0.05, 0) is 55.2 Å². The van der Waals surface area contributed by atoms with E-state index in [1.54, 1.807) is 24.5 Å². The van der Waals surface area contributed by atoms with Crippen molar-refractivity contribution in [3.63, 3.8) is 0 Å². The van der Waals surface area contributed by atoms with E-state index in [2.05, 4.69) is 0 Å². The molecular weight excluding hydrogens is 381 g/mol. The van der Waals surface area contributed by atoms with E-state index in [0.717, 1.165) is 24.8 Å². The van der Waals surface area contributed by atoms with Crippen LogP contribution in [0.5, 0.6) is 0 Å². The lowest BCUT2D eigenvalue weighted by Crippen LogP contribution is -2.66. The Kier molecular flexibility index (Phi) is 5.22. The quantitative estimate of drug-likeness (QED) is 0.763. The minimum Gasteiger partial charge on any atom is -0.336 e. The van der Waals surface area contributed by atoms with Gasteiger partial charge in [0.2, 0.25) is 5.91 Å². The van der Waals surface area contributed by atoms with Gasteiger partial charge in [-0.3, -0.25) is 4.79 Å². The Morgan fingerprint density at radius 1 is 1.21 bits per heavy atom. The summed E-state index contributed by atoms with van der Waals surface area (Å²) in [5.74, 6) is 0.112. The summed E-state index contributed by atoms with van der Waals surface area (Å²) in [7, 11) is -0.381. The van der Waals surface area contributed by atoms with Crippen molar-refractivity contribution in [1.82, 2.24) is 13.5 Å². The lowest BCUT2D eigenvalue weighted by molar-refractivity contribution is -0.150. The SMILES string of the molecule is CN(C)S(=O)(=O)N1C[C@H]2C[C@@H](C1)[C@H](Cc1cccc(F)c1)N1C(=O)CCC[C@@H]21. The highest BCUT2D eigenvalue weighted by Gasteiger charge is 2.51. The molecule has 3 saturated heterocycles. The fourth-order valence-electron chi connectivity index (χ4n) is 5.32. The van der Waals surface area contributed by atoms with Gasteiger partial charge in [-0.1, -0.05) is 12.1 Å². The van der Waals surface area contributed by atoms with E-state index in [-0.39, 0.29) is 35.6 Å². The van der Waals surface area contributed by atoms with E-state index in [1.807, 2.05) is 11.0 Å². The number of hydrogen-bond donors (Lipinski definition) is 0. The molecule has 0 radical (unpaired) electrons. The van der Waals surface area contributed by atoms with Crippen molar-refractivity contribution in [2.75, 3.05) is 27.2 Å². The molecule has 154 valence electrons. The van der Waals surface area contributed by atoms with Crippen LogP contribution in [0.4, 0.5) is 4.39 Å².